The van der Waals surface area contributed by atoms with Crippen LogP contribution in [0.25, 0.3) is 55.3 Å². The van der Waals surface area contributed by atoms with E-state index in [9.17, 15) is 0 Å². The highest BCUT2D eigenvalue weighted by molar-refractivity contribution is 6.04. The SMILES string of the molecule is c1ccc2c(-c3ccc4ccccc4n3)cc(-c3ccnc4ccccc34)c-2cc1. The largest absolute Gasteiger partial charge is 0.256 e. The standard InChI is InChI=1S/C28H18N2/c1-2-9-20-21(10-3-1)25(28-15-14-19-8-4-6-12-26(19)30-28)18-24(20)22-16-17-29-27-13-7-5-11-23(22)27/h1-18H. The zero-order valence-corrected chi connectivity index (χ0v) is 16.3. The molecule has 0 spiro atoms. The molecular weight excluding hydrogens is 364 g/mol. The van der Waals surface area contributed by atoms with Gasteiger partial charge in [-0.1, -0.05) is 72.8 Å². The Bertz CT molecular complexity index is 1490. The summed E-state index contributed by atoms with van der Waals surface area (Å²) in [5.41, 5.74) is 9.02. The van der Waals surface area contributed by atoms with Crippen LogP contribution in [0.3, 0.4) is 0 Å². The van der Waals surface area contributed by atoms with Gasteiger partial charge in [0.1, 0.15) is 0 Å². The highest BCUT2D eigenvalue weighted by atomic mass is 14.7. The van der Waals surface area contributed by atoms with E-state index in [0.717, 1.165) is 33.1 Å². The lowest BCUT2D eigenvalue weighted by atomic mass is 9.99. The van der Waals surface area contributed by atoms with Crippen LogP contribution in [0.1, 0.15) is 0 Å². The predicted octanol–water partition coefficient (Wildman–Crippen LogP) is 7.22. The molecule has 0 saturated carbocycles. The van der Waals surface area contributed by atoms with Crippen LogP contribution in [0.5, 0.6) is 0 Å². The maximum atomic E-state index is 4.97. The van der Waals surface area contributed by atoms with E-state index >= 15 is 0 Å². The van der Waals surface area contributed by atoms with Crippen LogP contribution < -0.4 is 0 Å². The Balaban J connectivity index is 1.65. The minimum atomic E-state index is 0.995. The molecular formula is C28H18N2. The first-order valence-corrected chi connectivity index (χ1v) is 10.1. The molecule has 0 radical (unpaired) electrons. The van der Waals surface area contributed by atoms with E-state index in [4.69, 9.17) is 4.98 Å². The summed E-state index contributed by atoms with van der Waals surface area (Å²) in [6.07, 6.45) is 1.90. The van der Waals surface area contributed by atoms with Gasteiger partial charge < -0.3 is 0 Å². The number of hydrogen-bond acceptors (Lipinski definition) is 2. The van der Waals surface area contributed by atoms with Crippen molar-refractivity contribution in [3.63, 3.8) is 0 Å². The molecule has 2 heteroatoms. The molecule has 0 fully saturated rings. The molecule has 0 saturated heterocycles. The molecule has 0 atom stereocenters. The average molecular weight is 382 g/mol. The molecule has 0 unspecified atom stereocenters. The Kier molecular flexibility index (Phi) is 3.82. The Hall–Kier alpha value is -4.04. The second kappa shape index (κ2) is 6.78. The van der Waals surface area contributed by atoms with Gasteiger partial charge in [0.15, 0.2) is 0 Å². The summed E-state index contributed by atoms with van der Waals surface area (Å²) in [7, 11) is 0. The molecule has 0 bridgehead atoms. The van der Waals surface area contributed by atoms with Crippen LogP contribution in [0.2, 0.25) is 0 Å². The van der Waals surface area contributed by atoms with Crippen molar-refractivity contribution in [1.82, 2.24) is 9.97 Å². The van der Waals surface area contributed by atoms with Crippen molar-refractivity contribution in [1.29, 1.82) is 0 Å². The Labute approximate surface area is 174 Å². The van der Waals surface area contributed by atoms with E-state index < -0.39 is 0 Å². The third kappa shape index (κ3) is 2.66. The van der Waals surface area contributed by atoms with E-state index in [2.05, 4.69) is 89.9 Å². The van der Waals surface area contributed by atoms with Gasteiger partial charge >= 0.3 is 0 Å². The van der Waals surface area contributed by atoms with Gasteiger partial charge in [-0.15, -0.1) is 0 Å². The molecule has 2 aromatic heterocycles. The monoisotopic (exact) mass is 382 g/mol. The molecule has 0 amide bonds. The van der Waals surface area contributed by atoms with Crippen LogP contribution in [0.15, 0.2) is 109 Å². The van der Waals surface area contributed by atoms with Crippen LogP contribution in [-0.4, -0.2) is 9.97 Å². The first-order valence-electron chi connectivity index (χ1n) is 10.1. The van der Waals surface area contributed by atoms with E-state index in [-0.39, 0.29) is 0 Å². The maximum Gasteiger partial charge on any atom is 0.0716 e. The summed E-state index contributed by atoms with van der Waals surface area (Å²) >= 11 is 0. The third-order valence-electron chi connectivity index (χ3n) is 5.72. The van der Waals surface area contributed by atoms with Crippen LogP contribution >= 0.6 is 0 Å². The smallest absolute Gasteiger partial charge is 0.0716 e. The fourth-order valence-corrected chi connectivity index (χ4v) is 4.30. The lowest BCUT2D eigenvalue weighted by Gasteiger charge is -2.06. The molecule has 6 rings (SSSR count). The molecule has 4 aromatic rings. The predicted molar refractivity (Wildman–Crippen MR) is 125 cm³/mol. The summed E-state index contributed by atoms with van der Waals surface area (Å²) < 4.78 is 0. The minimum Gasteiger partial charge on any atom is -0.256 e. The fourth-order valence-electron chi connectivity index (χ4n) is 4.30. The van der Waals surface area contributed by atoms with Gasteiger partial charge in [-0.3, -0.25) is 4.98 Å². The lowest BCUT2D eigenvalue weighted by molar-refractivity contribution is 1.41. The second-order valence-electron chi connectivity index (χ2n) is 7.47. The molecule has 0 N–H and O–H groups in total. The summed E-state index contributed by atoms with van der Waals surface area (Å²) in [5.74, 6) is 0. The summed E-state index contributed by atoms with van der Waals surface area (Å²) in [4.78, 5) is 9.52. The zero-order valence-electron chi connectivity index (χ0n) is 16.3. The first-order chi connectivity index (χ1) is 14.9. The van der Waals surface area contributed by atoms with Gasteiger partial charge in [-0.05, 0) is 52.6 Å². The Morgan fingerprint density at radius 2 is 1.20 bits per heavy atom. The lowest BCUT2D eigenvalue weighted by Crippen LogP contribution is -1.84. The molecule has 2 aliphatic rings. The van der Waals surface area contributed by atoms with Crippen molar-refractivity contribution in [2.45, 2.75) is 0 Å². The van der Waals surface area contributed by atoms with Gasteiger partial charge in [0, 0.05) is 22.5 Å². The maximum absolute atomic E-state index is 4.97. The average Bonchev–Trinajstić information content (AvgIpc) is 2.98. The van der Waals surface area contributed by atoms with Crippen LogP contribution in [0, 0.1) is 0 Å². The van der Waals surface area contributed by atoms with E-state index in [1.807, 2.05) is 24.4 Å². The fraction of sp³-hybridized carbons (Fsp3) is 0. The van der Waals surface area contributed by atoms with Crippen molar-refractivity contribution < 1.29 is 0 Å². The van der Waals surface area contributed by atoms with Crippen molar-refractivity contribution in [3.05, 3.63) is 109 Å². The van der Waals surface area contributed by atoms with E-state index in [0.29, 0.717) is 0 Å². The Morgan fingerprint density at radius 1 is 0.467 bits per heavy atom. The first kappa shape index (κ1) is 16.9. The molecule has 0 aliphatic heterocycles. The second-order valence-corrected chi connectivity index (χ2v) is 7.47. The molecule has 2 heterocycles. The summed E-state index contributed by atoms with van der Waals surface area (Å²) in [5, 5.41) is 2.32. The molecule has 2 aliphatic carbocycles. The van der Waals surface area contributed by atoms with Gasteiger partial charge in [0.25, 0.3) is 0 Å². The molecule has 2 aromatic carbocycles. The number of benzene rings is 2. The number of hydrogen-bond donors (Lipinski definition) is 0. The molecule has 30 heavy (non-hydrogen) atoms. The van der Waals surface area contributed by atoms with Crippen molar-refractivity contribution in [3.8, 4) is 33.5 Å². The number of fused-ring (bicyclic) bond motifs is 3. The summed E-state index contributed by atoms with van der Waals surface area (Å²) in [6, 6.07) is 35.9. The van der Waals surface area contributed by atoms with E-state index in [1.165, 1.54) is 22.3 Å². The number of nitrogens with zero attached hydrogens (tertiary/aromatic N) is 2. The highest BCUT2D eigenvalue weighted by Gasteiger charge is 2.19. The number of rotatable bonds is 2. The van der Waals surface area contributed by atoms with Crippen LogP contribution in [0.4, 0.5) is 0 Å². The van der Waals surface area contributed by atoms with Gasteiger partial charge in [0.05, 0.1) is 16.7 Å². The van der Waals surface area contributed by atoms with Gasteiger partial charge in [-0.25, -0.2) is 4.98 Å². The Morgan fingerprint density at radius 3 is 2.10 bits per heavy atom. The highest BCUT2D eigenvalue weighted by Crippen LogP contribution is 2.44. The zero-order chi connectivity index (χ0) is 19.9. The summed E-state index contributed by atoms with van der Waals surface area (Å²) in [6.45, 7) is 0. The van der Waals surface area contributed by atoms with Gasteiger partial charge in [-0.2, -0.15) is 0 Å². The molecule has 2 nitrogen and oxygen atoms in total. The number of pyridine rings is 2. The van der Waals surface area contributed by atoms with E-state index in [1.54, 1.807) is 0 Å². The third-order valence-corrected chi connectivity index (χ3v) is 5.72. The van der Waals surface area contributed by atoms with Gasteiger partial charge in [0.2, 0.25) is 0 Å². The van der Waals surface area contributed by atoms with Crippen molar-refractivity contribution >= 4 is 21.8 Å². The molecule has 140 valence electrons. The number of para-hydroxylation sites is 2. The quantitative estimate of drug-likeness (QED) is 0.316. The van der Waals surface area contributed by atoms with Crippen LogP contribution in [-0.2, 0) is 0 Å². The van der Waals surface area contributed by atoms with Crippen molar-refractivity contribution in [2.24, 2.45) is 0 Å². The normalized spacial score (nSPS) is 11.3. The minimum absolute atomic E-state index is 0.995. The topological polar surface area (TPSA) is 25.8 Å². The van der Waals surface area contributed by atoms with Crippen molar-refractivity contribution in [2.75, 3.05) is 0 Å². The number of aromatic nitrogens is 2.